The summed E-state index contributed by atoms with van der Waals surface area (Å²) in [5.41, 5.74) is 1.53. The maximum atomic E-state index is 11.9. The zero-order valence-electron chi connectivity index (χ0n) is 10.8. The summed E-state index contributed by atoms with van der Waals surface area (Å²) in [7, 11) is -1.99. The minimum atomic E-state index is -3.41. The average Bonchev–Trinajstić information content (AvgIpc) is 2.91. The largest absolute Gasteiger partial charge is 0.380 e. The lowest BCUT2D eigenvalue weighted by molar-refractivity contribution is 0.587. The summed E-state index contributed by atoms with van der Waals surface area (Å²) in [6.45, 7) is 2.48. The molecule has 0 spiro atoms. The monoisotopic (exact) mass is 296 g/mol. The fourth-order valence-electron chi connectivity index (χ4n) is 1.71. The van der Waals surface area contributed by atoms with E-state index in [9.17, 15) is 8.42 Å². The van der Waals surface area contributed by atoms with Gasteiger partial charge in [-0.05, 0) is 43.1 Å². The van der Waals surface area contributed by atoms with Crippen LogP contribution in [-0.4, -0.2) is 15.5 Å². The van der Waals surface area contributed by atoms with E-state index in [1.807, 2.05) is 23.6 Å². The van der Waals surface area contributed by atoms with Crippen LogP contribution in [0.15, 0.2) is 40.6 Å². The van der Waals surface area contributed by atoms with Gasteiger partial charge >= 0.3 is 0 Å². The van der Waals surface area contributed by atoms with Crippen molar-refractivity contribution in [1.82, 2.24) is 4.72 Å². The normalized spacial score (nSPS) is 11.5. The summed E-state index contributed by atoms with van der Waals surface area (Å²) < 4.78 is 26.1. The third-order valence-electron chi connectivity index (χ3n) is 2.79. The molecule has 2 rings (SSSR count). The fourth-order valence-corrected chi connectivity index (χ4v) is 3.35. The molecule has 19 heavy (non-hydrogen) atoms. The zero-order valence-corrected chi connectivity index (χ0v) is 12.4. The number of benzene rings is 1. The molecule has 6 heteroatoms. The van der Waals surface area contributed by atoms with Crippen LogP contribution in [0.2, 0.25) is 0 Å². The van der Waals surface area contributed by atoms with Crippen molar-refractivity contribution in [1.29, 1.82) is 0 Å². The van der Waals surface area contributed by atoms with Crippen molar-refractivity contribution in [3.63, 3.8) is 0 Å². The lowest BCUT2D eigenvalue weighted by atomic mass is 10.2. The second-order valence-corrected chi connectivity index (χ2v) is 7.01. The smallest absolute Gasteiger partial charge is 0.240 e. The summed E-state index contributed by atoms with van der Waals surface area (Å²) in [6, 6.07) is 9.39. The maximum Gasteiger partial charge on any atom is 0.240 e. The number of nitrogens with one attached hydrogen (secondary N) is 2. The standard InChI is InChI=1S/C13H16N2O2S2/c1-10-5-6-11(8-13(10)19(16,17)14-2)15-9-12-4-3-7-18-12/h3-8,14-15H,9H2,1-2H3. The minimum Gasteiger partial charge on any atom is -0.380 e. The second-order valence-electron chi connectivity index (χ2n) is 4.12. The van der Waals surface area contributed by atoms with Crippen LogP contribution in [-0.2, 0) is 16.6 Å². The van der Waals surface area contributed by atoms with Gasteiger partial charge in [0.15, 0.2) is 0 Å². The molecular formula is C13H16N2O2S2. The van der Waals surface area contributed by atoms with E-state index in [0.717, 1.165) is 11.3 Å². The highest BCUT2D eigenvalue weighted by atomic mass is 32.2. The predicted octanol–water partition coefficient (Wildman–Crippen LogP) is 2.58. The number of sulfonamides is 1. The predicted molar refractivity (Wildman–Crippen MR) is 79.1 cm³/mol. The van der Waals surface area contributed by atoms with Crippen LogP contribution in [0.5, 0.6) is 0 Å². The molecule has 2 N–H and O–H groups in total. The summed E-state index contributed by atoms with van der Waals surface area (Å²) in [4.78, 5) is 1.52. The summed E-state index contributed by atoms with van der Waals surface area (Å²) in [6.07, 6.45) is 0. The Morgan fingerprint density at radius 1 is 1.26 bits per heavy atom. The van der Waals surface area contributed by atoms with Crippen molar-refractivity contribution in [3.8, 4) is 0 Å². The summed E-state index contributed by atoms with van der Waals surface area (Å²) in [5.74, 6) is 0. The lowest BCUT2D eigenvalue weighted by Crippen LogP contribution is -2.19. The topological polar surface area (TPSA) is 58.2 Å². The highest BCUT2D eigenvalue weighted by molar-refractivity contribution is 7.89. The Morgan fingerprint density at radius 3 is 2.68 bits per heavy atom. The SMILES string of the molecule is CNS(=O)(=O)c1cc(NCc2cccs2)ccc1C. The van der Waals surface area contributed by atoms with Gasteiger partial charge in [0.2, 0.25) is 10.0 Å². The molecule has 0 bridgehead atoms. The van der Waals surface area contributed by atoms with Crippen molar-refractivity contribution in [2.75, 3.05) is 12.4 Å². The minimum absolute atomic E-state index is 0.311. The molecule has 0 aliphatic carbocycles. The molecule has 1 aromatic carbocycles. The molecule has 0 aliphatic heterocycles. The van der Waals surface area contributed by atoms with E-state index >= 15 is 0 Å². The molecular weight excluding hydrogens is 280 g/mol. The molecule has 1 heterocycles. The Balaban J connectivity index is 2.21. The Hall–Kier alpha value is -1.37. The Morgan fingerprint density at radius 2 is 2.05 bits per heavy atom. The second kappa shape index (κ2) is 5.73. The van der Waals surface area contributed by atoms with Crippen LogP contribution in [0.3, 0.4) is 0 Å². The van der Waals surface area contributed by atoms with E-state index in [0.29, 0.717) is 11.4 Å². The van der Waals surface area contributed by atoms with Crippen LogP contribution in [0.25, 0.3) is 0 Å². The highest BCUT2D eigenvalue weighted by Gasteiger charge is 2.14. The molecule has 0 aliphatic rings. The van der Waals surface area contributed by atoms with Gasteiger partial charge in [-0.15, -0.1) is 11.3 Å². The van der Waals surface area contributed by atoms with E-state index in [1.165, 1.54) is 11.9 Å². The van der Waals surface area contributed by atoms with Gasteiger partial charge in [-0.3, -0.25) is 0 Å². The molecule has 1 aromatic heterocycles. The Labute approximate surface area is 117 Å². The first-order chi connectivity index (χ1) is 9.03. The van der Waals surface area contributed by atoms with Crippen molar-refractivity contribution in [2.24, 2.45) is 0 Å². The molecule has 4 nitrogen and oxygen atoms in total. The number of anilines is 1. The van der Waals surface area contributed by atoms with Crippen molar-refractivity contribution < 1.29 is 8.42 Å². The van der Waals surface area contributed by atoms with Gasteiger partial charge in [0, 0.05) is 17.1 Å². The Kier molecular flexibility index (Phi) is 4.24. The number of aryl methyl sites for hydroxylation is 1. The first kappa shape index (κ1) is 14.0. The fraction of sp³-hybridized carbons (Fsp3) is 0.231. The van der Waals surface area contributed by atoms with Gasteiger partial charge in [-0.1, -0.05) is 12.1 Å². The quantitative estimate of drug-likeness (QED) is 0.891. The number of hydrogen-bond donors (Lipinski definition) is 2. The van der Waals surface area contributed by atoms with Crippen molar-refractivity contribution in [3.05, 3.63) is 46.2 Å². The molecule has 0 fully saturated rings. The number of hydrogen-bond acceptors (Lipinski definition) is 4. The number of thiophene rings is 1. The van der Waals surface area contributed by atoms with Crippen molar-refractivity contribution in [2.45, 2.75) is 18.4 Å². The van der Waals surface area contributed by atoms with Crippen LogP contribution >= 0.6 is 11.3 Å². The molecule has 0 radical (unpaired) electrons. The molecule has 0 saturated carbocycles. The van der Waals surface area contributed by atoms with E-state index in [2.05, 4.69) is 10.0 Å². The van der Waals surface area contributed by atoms with Gasteiger partial charge < -0.3 is 5.32 Å². The van der Waals surface area contributed by atoms with Crippen LogP contribution in [0.4, 0.5) is 5.69 Å². The van der Waals surface area contributed by atoms with Crippen LogP contribution in [0, 0.1) is 6.92 Å². The molecule has 2 aromatic rings. The molecule has 0 amide bonds. The van der Waals surface area contributed by atoms with Gasteiger partial charge in [0.25, 0.3) is 0 Å². The van der Waals surface area contributed by atoms with Gasteiger partial charge in [-0.2, -0.15) is 0 Å². The summed E-state index contributed by atoms with van der Waals surface area (Å²) >= 11 is 1.67. The lowest BCUT2D eigenvalue weighted by Gasteiger charge is -2.10. The zero-order chi connectivity index (χ0) is 13.9. The van der Waals surface area contributed by atoms with Gasteiger partial charge in [-0.25, -0.2) is 13.1 Å². The molecule has 0 unspecified atom stereocenters. The third kappa shape index (κ3) is 3.34. The van der Waals surface area contributed by atoms with E-state index in [1.54, 1.807) is 30.4 Å². The van der Waals surface area contributed by atoms with Crippen LogP contribution in [0.1, 0.15) is 10.4 Å². The summed E-state index contributed by atoms with van der Waals surface area (Å²) in [5, 5.41) is 5.25. The first-order valence-corrected chi connectivity index (χ1v) is 8.19. The van der Waals surface area contributed by atoms with Gasteiger partial charge in [0.1, 0.15) is 0 Å². The van der Waals surface area contributed by atoms with E-state index < -0.39 is 10.0 Å². The average molecular weight is 296 g/mol. The third-order valence-corrected chi connectivity index (χ3v) is 5.23. The van der Waals surface area contributed by atoms with Crippen LogP contribution < -0.4 is 10.0 Å². The highest BCUT2D eigenvalue weighted by Crippen LogP contribution is 2.21. The van der Waals surface area contributed by atoms with E-state index in [-0.39, 0.29) is 0 Å². The van der Waals surface area contributed by atoms with Crippen molar-refractivity contribution >= 4 is 27.0 Å². The maximum absolute atomic E-state index is 11.9. The van der Waals surface area contributed by atoms with Gasteiger partial charge in [0.05, 0.1) is 4.90 Å². The van der Waals surface area contributed by atoms with E-state index in [4.69, 9.17) is 0 Å². The molecule has 102 valence electrons. The molecule has 0 atom stereocenters. The molecule has 0 saturated heterocycles. The number of rotatable bonds is 5. The Bertz CT molecular complexity index is 649. The first-order valence-electron chi connectivity index (χ1n) is 5.83.